The lowest BCUT2D eigenvalue weighted by Gasteiger charge is -2.08. The summed E-state index contributed by atoms with van der Waals surface area (Å²) in [6.45, 7) is 2.04. The zero-order valence-corrected chi connectivity index (χ0v) is 21.8. The van der Waals surface area contributed by atoms with Gasteiger partial charge in [-0.3, -0.25) is 10.2 Å². The van der Waals surface area contributed by atoms with E-state index in [2.05, 4.69) is 15.6 Å². The first kappa shape index (κ1) is 24.3. The normalized spacial score (nSPS) is 14.0. The third-order valence-corrected chi connectivity index (χ3v) is 6.83. The molecule has 4 aromatic carbocycles. The van der Waals surface area contributed by atoms with Gasteiger partial charge >= 0.3 is 5.91 Å². The molecule has 39 heavy (non-hydrogen) atoms. The number of anilines is 2. The highest BCUT2D eigenvalue weighted by molar-refractivity contribution is 7.14. The second kappa shape index (κ2) is 10.7. The van der Waals surface area contributed by atoms with Crippen LogP contribution in [-0.4, -0.2) is 22.3 Å². The van der Waals surface area contributed by atoms with E-state index in [0.717, 1.165) is 22.6 Å². The molecule has 6 rings (SSSR count). The minimum atomic E-state index is -0.352. The van der Waals surface area contributed by atoms with E-state index < -0.39 is 0 Å². The Morgan fingerprint density at radius 1 is 0.795 bits per heavy atom. The van der Waals surface area contributed by atoms with Gasteiger partial charge < -0.3 is 4.74 Å². The van der Waals surface area contributed by atoms with E-state index in [4.69, 9.17) is 9.72 Å². The number of rotatable bonds is 7. The zero-order valence-electron chi connectivity index (χ0n) is 21.0. The molecular formula is C31H23N5O2S. The molecule has 1 amide bonds. The van der Waals surface area contributed by atoms with E-state index in [1.807, 2.05) is 121 Å². The molecular weight excluding hydrogens is 506 g/mol. The number of aromatic nitrogens is 1. The highest BCUT2D eigenvalue weighted by atomic mass is 32.1. The van der Waals surface area contributed by atoms with Gasteiger partial charge in [0, 0.05) is 16.5 Å². The number of aryl methyl sites for hydroxylation is 1. The predicted molar refractivity (Wildman–Crippen MR) is 157 cm³/mol. The van der Waals surface area contributed by atoms with Gasteiger partial charge in [-0.05, 0) is 43.3 Å². The summed E-state index contributed by atoms with van der Waals surface area (Å²) in [5.74, 6) is 1.10. The van der Waals surface area contributed by atoms with Crippen molar-refractivity contribution in [3.63, 3.8) is 0 Å². The quantitative estimate of drug-likeness (QED) is 0.228. The molecule has 0 saturated carbocycles. The molecule has 0 bridgehead atoms. The molecule has 2 heterocycles. The van der Waals surface area contributed by atoms with Gasteiger partial charge in [0.15, 0.2) is 5.71 Å². The number of hydrogen-bond donors (Lipinski definition) is 1. The third kappa shape index (κ3) is 5.32. The van der Waals surface area contributed by atoms with E-state index in [9.17, 15) is 4.79 Å². The van der Waals surface area contributed by atoms with Gasteiger partial charge in [0.2, 0.25) is 5.13 Å². The van der Waals surface area contributed by atoms with Crippen LogP contribution in [0.15, 0.2) is 125 Å². The highest BCUT2D eigenvalue weighted by Crippen LogP contribution is 2.30. The first-order valence-electron chi connectivity index (χ1n) is 12.3. The van der Waals surface area contributed by atoms with E-state index in [1.165, 1.54) is 21.9 Å². The molecule has 0 atom stereocenters. The number of carbonyl (C=O) groups excluding carboxylic acids is 1. The SMILES string of the molecule is Cc1ccc(-c2csc(N3N=C(c4ccccc4)/C(=N\Nc4ccc(Oc5ccccc5)cc4)C3=O)n2)cc1. The third-order valence-electron chi connectivity index (χ3n) is 6.02. The Morgan fingerprint density at radius 2 is 1.46 bits per heavy atom. The average molecular weight is 530 g/mol. The molecule has 0 saturated heterocycles. The molecule has 0 fully saturated rings. The topological polar surface area (TPSA) is 79.2 Å². The van der Waals surface area contributed by atoms with Crippen LogP contribution in [0.4, 0.5) is 10.8 Å². The van der Waals surface area contributed by atoms with Crippen LogP contribution in [0, 0.1) is 6.92 Å². The average Bonchev–Trinajstić information content (AvgIpc) is 3.59. The van der Waals surface area contributed by atoms with Crippen LogP contribution in [0.5, 0.6) is 11.5 Å². The number of amides is 1. The van der Waals surface area contributed by atoms with Crippen LogP contribution in [0.1, 0.15) is 11.1 Å². The number of hydrazone groups is 2. The van der Waals surface area contributed by atoms with Crippen molar-refractivity contribution in [3.05, 3.63) is 126 Å². The van der Waals surface area contributed by atoms with Crippen LogP contribution in [-0.2, 0) is 4.79 Å². The molecule has 7 nitrogen and oxygen atoms in total. The number of carbonyl (C=O) groups is 1. The van der Waals surface area contributed by atoms with Crippen molar-refractivity contribution in [1.29, 1.82) is 0 Å². The zero-order chi connectivity index (χ0) is 26.6. The maximum Gasteiger partial charge on any atom is 0.303 e. The van der Waals surface area contributed by atoms with Crippen LogP contribution in [0.2, 0.25) is 0 Å². The van der Waals surface area contributed by atoms with Crippen LogP contribution in [0.25, 0.3) is 11.3 Å². The summed E-state index contributed by atoms with van der Waals surface area (Å²) in [6.07, 6.45) is 0. The van der Waals surface area contributed by atoms with E-state index >= 15 is 0 Å². The monoisotopic (exact) mass is 529 g/mol. The summed E-state index contributed by atoms with van der Waals surface area (Å²) < 4.78 is 5.86. The van der Waals surface area contributed by atoms with Gasteiger partial charge in [-0.1, -0.05) is 78.4 Å². The Morgan fingerprint density at radius 3 is 2.18 bits per heavy atom. The number of hydrogen-bond acceptors (Lipinski definition) is 7. The summed E-state index contributed by atoms with van der Waals surface area (Å²) in [6, 6.07) is 34.6. The molecule has 1 aliphatic heterocycles. The fourth-order valence-electron chi connectivity index (χ4n) is 3.98. The second-order valence-corrected chi connectivity index (χ2v) is 9.66. The maximum absolute atomic E-state index is 13.5. The summed E-state index contributed by atoms with van der Waals surface area (Å²) in [7, 11) is 0. The number of benzene rings is 4. The van der Waals surface area contributed by atoms with Crippen molar-refractivity contribution < 1.29 is 9.53 Å². The first-order chi connectivity index (χ1) is 19.1. The van der Waals surface area contributed by atoms with Gasteiger partial charge in [-0.2, -0.15) is 15.2 Å². The predicted octanol–water partition coefficient (Wildman–Crippen LogP) is 7.13. The van der Waals surface area contributed by atoms with Crippen molar-refractivity contribution >= 4 is 39.5 Å². The minimum Gasteiger partial charge on any atom is -0.457 e. The molecule has 0 aliphatic carbocycles. The Kier molecular flexibility index (Phi) is 6.67. The molecule has 0 unspecified atom stereocenters. The second-order valence-electron chi connectivity index (χ2n) is 8.82. The van der Waals surface area contributed by atoms with E-state index in [-0.39, 0.29) is 11.6 Å². The summed E-state index contributed by atoms with van der Waals surface area (Å²) >= 11 is 1.36. The van der Waals surface area contributed by atoms with Crippen molar-refractivity contribution in [2.45, 2.75) is 6.92 Å². The Balaban J connectivity index is 1.25. The standard InChI is InChI=1S/C31H23N5O2S/c1-21-12-14-22(15-13-21)27-20-39-31(32-27)36-30(37)29(28(35-36)23-8-4-2-5-9-23)34-33-24-16-18-26(19-17-24)38-25-10-6-3-7-11-25/h2-20,33H,1H3/b34-29+. The van der Waals surface area contributed by atoms with Crippen molar-refractivity contribution in [1.82, 2.24) is 4.98 Å². The molecule has 0 radical (unpaired) electrons. The van der Waals surface area contributed by atoms with E-state index in [0.29, 0.717) is 22.3 Å². The molecule has 190 valence electrons. The Bertz CT molecular complexity index is 1660. The minimum absolute atomic E-state index is 0.206. The lowest BCUT2D eigenvalue weighted by molar-refractivity contribution is -0.112. The number of thiazole rings is 1. The van der Waals surface area contributed by atoms with Gasteiger partial charge in [-0.25, -0.2) is 4.98 Å². The smallest absolute Gasteiger partial charge is 0.303 e. The van der Waals surface area contributed by atoms with Gasteiger partial charge in [0.05, 0.1) is 11.4 Å². The van der Waals surface area contributed by atoms with Gasteiger partial charge in [0.1, 0.15) is 17.2 Å². The molecule has 1 N–H and O–H groups in total. The van der Waals surface area contributed by atoms with Crippen molar-refractivity contribution in [2.24, 2.45) is 10.2 Å². The first-order valence-corrected chi connectivity index (χ1v) is 13.2. The van der Waals surface area contributed by atoms with Crippen molar-refractivity contribution in [3.8, 4) is 22.8 Å². The van der Waals surface area contributed by atoms with Crippen LogP contribution >= 0.6 is 11.3 Å². The highest BCUT2D eigenvalue weighted by Gasteiger charge is 2.35. The summed E-state index contributed by atoms with van der Waals surface area (Å²) in [5.41, 5.74) is 8.13. The number of para-hydroxylation sites is 1. The fraction of sp³-hybridized carbons (Fsp3) is 0.0323. The number of ether oxygens (including phenoxy) is 1. The fourth-order valence-corrected chi connectivity index (χ4v) is 4.76. The molecule has 5 aromatic rings. The largest absolute Gasteiger partial charge is 0.457 e. The maximum atomic E-state index is 13.5. The van der Waals surface area contributed by atoms with Crippen molar-refractivity contribution in [2.75, 3.05) is 10.4 Å². The molecule has 1 aliphatic rings. The lowest BCUT2D eigenvalue weighted by Crippen LogP contribution is -2.28. The molecule has 0 spiro atoms. The van der Waals surface area contributed by atoms with Gasteiger partial charge in [0.25, 0.3) is 0 Å². The Hall–Kier alpha value is -5.08. The summed E-state index contributed by atoms with van der Waals surface area (Å²) in [4.78, 5) is 18.2. The Labute approximate surface area is 229 Å². The number of nitrogens with zero attached hydrogens (tertiary/aromatic N) is 4. The van der Waals surface area contributed by atoms with E-state index in [1.54, 1.807) is 0 Å². The lowest BCUT2D eigenvalue weighted by atomic mass is 10.1. The van der Waals surface area contributed by atoms with Crippen LogP contribution in [0.3, 0.4) is 0 Å². The van der Waals surface area contributed by atoms with Gasteiger partial charge in [-0.15, -0.1) is 11.3 Å². The van der Waals surface area contributed by atoms with Crippen LogP contribution < -0.4 is 15.2 Å². The molecule has 1 aromatic heterocycles. The molecule has 8 heteroatoms. The number of nitrogens with one attached hydrogen (secondary N) is 1. The summed E-state index contributed by atoms with van der Waals surface area (Å²) in [5, 5.41) is 12.9.